The van der Waals surface area contributed by atoms with Gasteiger partial charge in [0.1, 0.15) is 0 Å². The van der Waals surface area contributed by atoms with E-state index in [4.69, 9.17) is 0 Å². The Morgan fingerprint density at radius 3 is 2.46 bits per heavy atom. The average molecular weight is 180 g/mol. The maximum Gasteiger partial charge on any atom is 0.317 e. The molecule has 3 rings (SSSR count). The summed E-state index contributed by atoms with van der Waals surface area (Å²) in [4.78, 5) is 22.6. The molecule has 2 aliphatic carbocycles. The van der Waals surface area contributed by atoms with E-state index in [2.05, 4.69) is 4.74 Å². The van der Waals surface area contributed by atoms with Gasteiger partial charge in [-0.05, 0) is 37.5 Å². The second-order valence-electron chi connectivity index (χ2n) is 4.45. The van der Waals surface area contributed by atoms with Crippen molar-refractivity contribution in [3.05, 3.63) is 0 Å². The molecule has 3 nitrogen and oxygen atoms in total. The average Bonchev–Trinajstić information content (AvgIpc) is 2.29. The molecular formula is C10H12O3. The SMILES string of the molecule is O=C1OC(=O)C2C1CCC1CCC12. The minimum Gasteiger partial charge on any atom is -0.393 e. The van der Waals surface area contributed by atoms with Gasteiger partial charge in [0.25, 0.3) is 0 Å². The summed E-state index contributed by atoms with van der Waals surface area (Å²) >= 11 is 0. The number of esters is 2. The Hall–Kier alpha value is -0.860. The highest BCUT2D eigenvalue weighted by atomic mass is 16.6. The number of carbonyl (C=O) groups is 2. The molecule has 0 bridgehead atoms. The van der Waals surface area contributed by atoms with Crippen LogP contribution in [0.2, 0.25) is 0 Å². The minimum absolute atomic E-state index is 0.0694. The zero-order valence-electron chi connectivity index (χ0n) is 7.36. The lowest BCUT2D eigenvalue weighted by Crippen LogP contribution is -2.42. The topological polar surface area (TPSA) is 43.4 Å². The summed E-state index contributed by atoms with van der Waals surface area (Å²) in [5.74, 6) is 0.510. The van der Waals surface area contributed by atoms with Gasteiger partial charge in [-0.25, -0.2) is 0 Å². The number of rotatable bonds is 0. The van der Waals surface area contributed by atoms with Gasteiger partial charge in [0, 0.05) is 0 Å². The second kappa shape index (κ2) is 2.34. The van der Waals surface area contributed by atoms with Gasteiger partial charge >= 0.3 is 11.9 Å². The van der Waals surface area contributed by atoms with Gasteiger partial charge < -0.3 is 4.74 Å². The molecule has 4 unspecified atom stereocenters. The molecule has 0 aromatic carbocycles. The predicted molar refractivity (Wildman–Crippen MR) is 43.5 cm³/mol. The van der Waals surface area contributed by atoms with Crippen LogP contribution in [0.15, 0.2) is 0 Å². The van der Waals surface area contributed by atoms with Gasteiger partial charge in [0.05, 0.1) is 11.8 Å². The van der Waals surface area contributed by atoms with Crippen molar-refractivity contribution in [3.8, 4) is 0 Å². The summed E-state index contributed by atoms with van der Waals surface area (Å²) < 4.78 is 4.68. The lowest BCUT2D eigenvalue weighted by molar-refractivity contribution is -0.154. The molecule has 0 radical (unpaired) electrons. The van der Waals surface area contributed by atoms with E-state index >= 15 is 0 Å². The van der Waals surface area contributed by atoms with E-state index in [-0.39, 0.29) is 23.8 Å². The smallest absolute Gasteiger partial charge is 0.317 e. The third kappa shape index (κ3) is 0.847. The summed E-state index contributed by atoms with van der Waals surface area (Å²) in [6.45, 7) is 0. The van der Waals surface area contributed by atoms with Crippen molar-refractivity contribution in [2.45, 2.75) is 25.7 Å². The normalized spacial score (nSPS) is 47.7. The van der Waals surface area contributed by atoms with Gasteiger partial charge in [-0.15, -0.1) is 0 Å². The number of carbonyl (C=O) groups excluding carboxylic acids is 2. The van der Waals surface area contributed by atoms with E-state index in [1.54, 1.807) is 0 Å². The van der Waals surface area contributed by atoms with Crippen LogP contribution in [0.5, 0.6) is 0 Å². The van der Waals surface area contributed by atoms with Crippen LogP contribution in [-0.2, 0) is 14.3 Å². The molecule has 4 atom stereocenters. The summed E-state index contributed by atoms with van der Waals surface area (Å²) in [6, 6.07) is 0. The van der Waals surface area contributed by atoms with Crippen molar-refractivity contribution < 1.29 is 14.3 Å². The molecule has 13 heavy (non-hydrogen) atoms. The van der Waals surface area contributed by atoms with E-state index in [0.717, 1.165) is 19.3 Å². The Balaban J connectivity index is 1.91. The molecule has 0 amide bonds. The standard InChI is InChI=1S/C10H12O3/c11-9-7-4-2-5-1-3-6(5)8(7)10(12)13-9/h5-8H,1-4H2. The van der Waals surface area contributed by atoms with Crippen LogP contribution in [-0.4, -0.2) is 11.9 Å². The Morgan fingerprint density at radius 1 is 1.00 bits per heavy atom. The lowest BCUT2D eigenvalue weighted by atomic mass is 9.58. The van der Waals surface area contributed by atoms with Crippen LogP contribution in [0.25, 0.3) is 0 Å². The molecular weight excluding hydrogens is 168 g/mol. The molecule has 3 aliphatic rings. The maximum absolute atomic E-state index is 11.4. The molecule has 3 heteroatoms. The van der Waals surface area contributed by atoms with Gasteiger partial charge in [-0.3, -0.25) is 9.59 Å². The highest BCUT2D eigenvalue weighted by Crippen LogP contribution is 2.52. The van der Waals surface area contributed by atoms with Crippen molar-refractivity contribution in [3.63, 3.8) is 0 Å². The summed E-state index contributed by atoms with van der Waals surface area (Å²) in [6.07, 6.45) is 4.36. The highest BCUT2D eigenvalue weighted by molar-refractivity contribution is 5.96. The third-order valence-corrected chi connectivity index (χ3v) is 4.00. The van der Waals surface area contributed by atoms with Gasteiger partial charge in [-0.2, -0.15) is 0 Å². The van der Waals surface area contributed by atoms with Crippen molar-refractivity contribution >= 4 is 11.9 Å². The van der Waals surface area contributed by atoms with Crippen LogP contribution in [0.4, 0.5) is 0 Å². The first kappa shape index (κ1) is 7.54. The molecule has 1 aliphatic heterocycles. The molecule has 1 saturated heterocycles. The van der Waals surface area contributed by atoms with Crippen LogP contribution in [0.3, 0.4) is 0 Å². The molecule has 3 fully saturated rings. The quantitative estimate of drug-likeness (QED) is 0.414. The highest BCUT2D eigenvalue weighted by Gasteiger charge is 2.55. The number of hydrogen-bond acceptors (Lipinski definition) is 3. The van der Waals surface area contributed by atoms with E-state index in [0.29, 0.717) is 11.8 Å². The van der Waals surface area contributed by atoms with E-state index in [1.165, 1.54) is 6.42 Å². The summed E-state index contributed by atoms with van der Waals surface area (Å²) in [5, 5.41) is 0. The number of ether oxygens (including phenoxy) is 1. The van der Waals surface area contributed by atoms with Crippen LogP contribution in [0, 0.1) is 23.7 Å². The fraction of sp³-hybridized carbons (Fsp3) is 0.800. The van der Waals surface area contributed by atoms with Gasteiger partial charge in [-0.1, -0.05) is 0 Å². The first-order chi connectivity index (χ1) is 6.27. The number of hydrogen-bond donors (Lipinski definition) is 0. The lowest BCUT2D eigenvalue weighted by Gasteiger charge is -2.44. The first-order valence-electron chi connectivity index (χ1n) is 5.03. The summed E-state index contributed by atoms with van der Waals surface area (Å²) in [7, 11) is 0. The van der Waals surface area contributed by atoms with E-state index < -0.39 is 0 Å². The summed E-state index contributed by atoms with van der Waals surface area (Å²) in [5.41, 5.74) is 0. The van der Waals surface area contributed by atoms with Gasteiger partial charge in [0.15, 0.2) is 0 Å². The zero-order chi connectivity index (χ0) is 9.00. The van der Waals surface area contributed by atoms with Crippen molar-refractivity contribution in [2.75, 3.05) is 0 Å². The fourth-order valence-electron chi connectivity index (χ4n) is 3.14. The monoisotopic (exact) mass is 180 g/mol. The van der Waals surface area contributed by atoms with Crippen LogP contribution < -0.4 is 0 Å². The molecule has 2 saturated carbocycles. The van der Waals surface area contributed by atoms with Crippen molar-refractivity contribution in [2.24, 2.45) is 23.7 Å². The largest absolute Gasteiger partial charge is 0.393 e. The number of fused-ring (bicyclic) bond motifs is 3. The molecule has 0 aromatic rings. The first-order valence-corrected chi connectivity index (χ1v) is 5.03. The van der Waals surface area contributed by atoms with Crippen LogP contribution >= 0.6 is 0 Å². The Bertz CT molecular complexity index is 284. The number of cyclic esters (lactones) is 2. The van der Waals surface area contributed by atoms with Gasteiger partial charge in [0.2, 0.25) is 0 Å². The zero-order valence-corrected chi connectivity index (χ0v) is 7.36. The molecule has 0 aromatic heterocycles. The second-order valence-corrected chi connectivity index (χ2v) is 4.45. The maximum atomic E-state index is 11.4. The Kier molecular flexibility index (Phi) is 1.35. The Labute approximate surface area is 76.4 Å². The fourth-order valence-corrected chi connectivity index (χ4v) is 3.14. The predicted octanol–water partition coefficient (Wildman–Crippen LogP) is 1.12. The third-order valence-electron chi connectivity index (χ3n) is 4.00. The van der Waals surface area contributed by atoms with E-state index in [9.17, 15) is 9.59 Å². The molecule has 0 N–H and O–H groups in total. The Morgan fingerprint density at radius 2 is 1.77 bits per heavy atom. The molecule has 70 valence electrons. The molecule has 1 heterocycles. The van der Waals surface area contributed by atoms with E-state index in [1.807, 2.05) is 0 Å². The van der Waals surface area contributed by atoms with Crippen molar-refractivity contribution in [1.82, 2.24) is 0 Å². The van der Waals surface area contributed by atoms with Crippen molar-refractivity contribution in [1.29, 1.82) is 0 Å². The molecule has 0 spiro atoms. The minimum atomic E-state index is -0.264. The van der Waals surface area contributed by atoms with Crippen LogP contribution in [0.1, 0.15) is 25.7 Å².